The number of nitrogens with zero attached hydrogens (tertiary/aromatic N) is 1. The van der Waals surface area contributed by atoms with Gasteiger partial charge in [0, 0.05) is 19.2 Å². The standard InChI is InChI=1S/C19H25NO5/c1-14(2)25-17-8-7-15(12-18(17)23-4)19(21)20(9-11-22-3)13-16-6-5-10-24-16/h5-8,10,12,14H,9,11,13H2,1-4H3. The third-order valence-corrected chi connectivity index (χ3v) is 3.55. The minimum atomic E-state index is -0.122. The Hall–Kier alpha value is -2.47. The summed E-state index contributed by atoms with van der Waals surface area (Å²) in [4.78, 5) is 14.6. The maximum atomic E-state index is 12.9. The van der Waals surface area contributed by atoms with Crippen LogP contribution in [0.3, 0.4) is 0 Å². The van der Waals surface area contributed by atoms with Crippen molar-refractivity contribution < 1.29 is 23.4 Å². The van der Waals surface area contributed by atoms with Gasteiger partial charge < -0.3 is 23.5 Å². The monoisotopic (exact) mass is 347 g/mol. The lowest BCUT2D eigenvalue weighted by atomic mass is 10.1. The van der Waals surface area contributed by atoms with E-state index < -0.39 is 0 Å². The molecule has 0 saturated carbocycles. The molecule has 6 nitrogen and oxygen atoms in total. The van der Waals surface area contributed by atoms with E-state index in [2.05, 4.69) is 0 Å². The maximum absolute atomic E-state index is 12.9. The van der Waals surface area contributed by atoms with Crippen LogP contribution in [0.25, 0.3) is 0 Å². The zero-order chi connectivity index (χ0) is 18.2. The topological polar surface area (TPSA) is 61.1 Å². The fourth-order valence-corrected chi connectivity index (χ4v) is 2.38. The predicted octanol–water partition coefficient (Wildman–Crippen LogP) is 3.36. The summed E-state index contributed by atoms with van der Waals surface area (Å²) in [6, 6.07) is 8.84. The van der Waals surface area contributed by atoms with Crippen molar-refractivity contribution >= 4 is 5.91 Å². The first kappa shape index (κ1) is 18.9. The molecule has 0 bridgehead atoms. The van der Waals surface area contributed by atoms with Crippen LogP contribution in [-0.4, -0.2) is 44.3 Å². The number of amides is 1. The Morgan fingerprint density at radius 2 is 2.00 bits per heavy atom. The molecule has 1 aromatic heterocycles. The Morgan fingerprint density at radius 3 is 2.60 bits per heavy atom. The molecule has 0 atom stereocenters. The molecule has 0 radical (unpaired) electrons. The van der Waals surface area contributed by atoms with E-state index >= 15 is 0 Å². The zero-order valence-electron chi connectivity index (χ0n) is 15.2. The molecule has 1 aromatic carbocycles. The minimum Gasteiger partial charge on any atom is -0.493 e. The van der Waals surface area contributed by atoms with E-state index in [1.807, 2.05) is 19.9 Å². The molecular formula is C19H25NO5. The first-order valence-electron chi connectivity index (χ1n) is 8.20. The highest BCUT2D eigenvalue weighted by Crippen LogP contribution is 2.29. The second kappa shape index (κ2) is 9.13. The van der Waals surface area contributed by atoms with Gasteiger partial charge in [0.15, 0.2) is 11.5 Å². The number of carbonyl (C=O) groups excluding carboxylic acids is 1. The molecule has 25 heavy (non-hydrogen) atoms. The zero-order valence-corrected chi connectivity index (χ0v) is 15.2. The summed E-state index contributed by atoms with van der Waals surface area (Å²) in [6.07, 6.45) is 1.61. The van der Waals surface area contributed by atoms with Crippen LogP contribution in [0, 0.1) is 0 Å². The second-order valence-corrected chi connectivity index (χ2v) is 5.83. The summed E-state index contributed by atoms with van der Waals surface area (Å²) >= 11 is 0. The van der Waals surface area contributed by atoms with Gasteiger partial charge in [-0.15, -0.1) is 0 Å². The lowest BCUT2D eigenvalue weighted by molar-refractivity contribution is 0.0666. The molecule has 6 heteroatoms. The Kier molecular flexibility index (Phi) is 6.89. The van der Waals surface area contributed by atoms with Gasteiger partial charge in [0.2, 0.25) is 0 Å². The number of hydrogen-bond acceptors (Lipinski definition) is 5. The van der Waals surface area contributed by atoms with Gasteiger partial charge in [-0.3, -0.25) is 4.79 Å². The van der Waals surface area contributed by atoms with Crippen LogP contribution in [0.4, 0.5) is 0 Å². The molecule has 0 aliphatic carbocycles. The molecule has 2 aromatic rings. The summed E-state index contributed by atoms with van der Waals surface area (Å²) in [7, 11) is 3.17. The van der Waals surface area contributed by atoms with E-state index in [4.69, 9.17) is 18.6 Å². The van der Waals surface area contributed by atoms with Crippen molar-refractivity contribution in [2.75, 3.05) is 27.4 Å². The number of hydrogen-bond donors (Lipinski definition) is 0. The average Bonchev–Trinajstić information content (AvgIpc) is 3.11. The first-order chi connectivity index (χ1) is 12.0. The van der Waals surface area contributed by atoms with Gasteiger partial charge in [0.25, 0.3) is 5.91 Å². The minimum absolute atomic E-state index is 0.0209. The maximum Gasteiger partial charge on any atom is 0.254 e. The highest BCUT2D eigenvalue weighted by molar-refractivity contribution is 5.94. The van der Waals surface area contributed by atoms with Gasteiger partial charge in [0.1, 0.15) is 5.76 Å². The Labute approximate surface area is 148 Å². The van der Waals surface area contributed by atoms with Gasteiger partial charge >= 0.3 is 0 Å². The van der Waals surface area contributed by atoms with Crippen LogP contribution in [0.5, 0.6) is 11.5 Å². The summed E-state index contributed by atoms with van der Waals surface area (Å²) in [5.41, 5.74) is 0.524. The van der Waals surface area contributed by atoms with Crippen molar-refractivity contribution in [2.24, 2.45) is 0 Å². The average molecular weight is 347 g/mol. The molecule has 0 unspecified atom stereocenters. The molecule has 136 valence electrons. The van der Waals surface area contributed by atoms with E-state index in [0.29, 0.717) is 36.8 Å². The molecule has 2 rings (SSSR count). The normalized spacial score (nSPS) is 10.8. The number of methoxy groups -OCH3 is 2. The fraction of sp³-hybridized carbons (Fsp3) is 0.421. The van der Waals surface area contributed by atoms with Gasteiger partial charge in [-0.1, -0.05) is 0 Å². The largest absolute Gasteiger partial charge is 0.493 e. The number of furan rings is 1. The Balaban J connectivity index is 2.21. The number of benzene rings is 1. The van der Waals surface area contributed by atoms with Gasteiger partial charge in [0.05, 0.1) is 32.6 Å². The van der Waals surface area contributed by atoms with Crippen LogP contribution < -0.4 is 9.47 Å². The van der Waals surface area contributed by atoms with Crippen molar-refractivity contribution in [3.8, 4) is 11.5 Å². The third kappa shape index (κ3) is 5.26. The van der Waals surface area contributed by atoms with E-state index in [-0.39, 0.29) is 12.0 Å². The Bertz CT molecular complexity index is 666. The third-order valence-electron chi connectivity index (χ3n) is 3.55. The van der Waals surface area contributed by atoms with Crippen molar-refractivity contribution in [3.63, 3.8) is 0 Å². The Morgan fingerprint density at radius 1 is 1.20 bits per heavy atom. The molecule has 1 amide bonds. The summed E-state index contributed by atoms with van der Waals surface area (Å²) in [5.74, 6) is 1.74. The lowest BCUT2D eigenvalue weighted by Gasteiger charge is -2.22. The van der Waals surface area contributed by atoms with E-state index in [9.17, 15) is 4.79 Å². The molecule has 0 aliphatic rings. The molecular weight excluding hydrogens is 322 g/mol. The van der Waals surface area contributed by atoms with Crippen LogP contribution in [0.15, 0.2) is 41.0 Å². The van der Waals surface area contributed by atoms with Crippen molar-refractivity contribution in [2.45, 2.75) is 26.5 Å². The first-order valence-corrected chi connectivity index (χ1v) is 8.20. The quantitative estimate of drug-likeness (QED) is 0.696. The van der Waals surface area contributed by atoms with Crippen LogP contribution in [0.1, 0.15) is 30.0 Å². The summed E-state index contributed by atoms with van der Waals surface area (Å²) in [5, 5.41) is 0. The van der Waals surface area contributed by atoms with Gasteiger partial charge in [-0.25, -0.2) is 0 Å². The van der Waals surface area contributed by atoms with Crippen molar-refractivity contribution in [1.82, 2.24) is 4.90 Å². The molecule has 1 heterocycles. The number of carbonyl (C=O) groups is 1. The molecule has 0 spiro atoms. The molecule has 0 fully saturated rings. The van der Waals surface area contributed by atoms with Crippen LogP contribution >= 0.6 is 0 Å². The highest BCUT2D eigenvalue weighted by atomic mass is 16.5. The highest BCUT2D eigenvalue weighted by Gasteiger charge is 2.19. The van der Waals surface area contributed by atoms with Crippen LogP contribution in [0.2, 0.25) is 0 Å². The summed E-state index contributed by atoms with van der Waals surface area (Å²) in [6.45, 7) is 5.16. The molecule has 0 N–H and O–H groups in total. The number of ether oxygens (including phenoxy) is 3. The van der Waals surface area contributed by atoms with Crippen molar-refractivity contribution in [3.05, 3.63) is 47.9 Å². The van der Waals surface area contributed by atoms with E-state index in [1.54, 1.807) is 49.6 Å². The second-order valence-electron chi connectivity index (χ2n) is 5.83. The molecule has 0 aliphatic heterocycles. The van der Waals surface area contributed by atoms with Gasteiger partial charge in [-0.05, 0) is 44.2 Å². The van der Waals surface area contributed by atoms with E-state index in [1.165, 1.54) is 0 Å². The lowest BCUT2D eigenvalue weighted by Crippen LogP contribution is -2.33. The van der Waals surface area contributed by atoms with Crippen LogP contribution in [-0.2, 0) is 11.3 Å². The number of rotatable bonds is 9. The fourth-order valence-electron chi connectivity index (χ4n) is 2.38. The SMILES string of the molecule is COCCN(Cc1ccco1)C(=O)c1ccc(OC(C)C)c(OC)c1. The summed E-state index contributed by atoms with van der Waals surface area (Å²) < 4.78 is 21.5. The van der Waals surface area contributed by atoms with Crippen molar-refractivity contribution in [1.29, 1.82) is 0 Å². The molecule has 0 saturated heterocycles. The van der Waals surface area contributed by atoms with E-state index in [0.717, 1.165) is 5.76 Å². The van der Waals surface area contributed by atoms with Gasteiger partial charge in [-0.2, -0.15) is 0 Å². The predicted molar refractivity (Wildman–Crippen MR) is 94.1 cm³/mol. The smallest absolute Gasteiger partial charge is 0.254 e.